The van der Waals surface area contributed by atoms with Gasteiger partial charge in [0.25, 0.3) is 0 Å². The molecule has 0 amide bonds. The Bertz CT molecular complexity index is 865. The minimum atomic E-state index is 0.368. The van der Waals surface area contributed by atoms with Gasteiger partial charge in [0.1, 0.15) is 5.78 Å². The number of Topliss-reactive ketones (excluding diaryl/α,β-unsaturated/α-hetero) is 1. The SMILES string of the molecule is Cc1cc(C)c(CCCC(=O)CCc2c[nH]c3ccccc23)c(C)c1. The molecule has 0 fully saturated rings. The van der Waals surface area contributed by atoms with Gasteiger partial charge in [0.2, 0.25) is 0 Å². The minimum Gasteiger partial charge on any atom is -0.361 e. The number of para-hydroxylation sites is 1. The van der Waals surface area contributed by atoms with Crippen LogP contribution >= 0.6 is 0 Å². The van der Waals surface area contributed by atoms with Crippen LogP contribution in [0.5, 0.6) is 0 Å². The summed E-state index contributed by atoms with van der Waals surface area (Å²) in [6.07, 6.45) is 6.11. The molecule has 0 saturated heterocycles. The number of rotatable bonds is 7. The number of fused-ring (bicyclic) bond motifs is 1. The summed E-state index contributed by atoms with van der Waals surface area (Å²) in [4.78, 5) is 15.6. The van der Waals surface area contributed by atoms with Crippen molar-refractivity contribution >= 4 is 16.7 Å². The molecule has 0 aliphatic heterocycles. The molecule has 2 nitrogen and oxygen atoms in total. The van der Waals surface area contributed by atoms with Crippen molar-refractivity contribution < 1.29 is 4.79 Å². The molecule has 130 valence electrons. The van der Waals surface area contributed by atoms with E-state index in [-0.39, 0.29) is 0 Å². The minimum absolute atomic E-state index is 0.368. The van der Waals surface area contributed by atoms with E-state index in [1.165, 1.54) is 33.2 Å². The molecule has 0 radical (unpaired) electrons. The van der Waals surface area contributed by atoms with Crippen LogP contribution in [0.25, 0.3) is 10.9 Å². The second-order valence-corrected chi connectivity index (χ2v) is 7.13. The van der Waals surface area contributed by atoms with Gasteiger partial charge < -0.3 is 4.98 Å². The van der Waals surface area contributed by atoms with Crippen LogP contribution in [0.4, 0.5) is 0 Å². The highest BCUT2D eigenvalue weighted by Crippen LogP contribution is 2.21. The first-order valence-corrected chi connectivity index (χ1v) is 9.18. The van der Waals surface area contributed by atoms with Gasteiger partial charge in [-0.15, -0.1) is 0 Å². The van der Waals surface area contributed by atoms with E-state index in [0.717, 1.165) is 24.8 Å². The molecule has 0 bridgehead atoms. The molecule has 2 aromatic carbocycles. The van der Waals surface area contributed by atoms with Crippen molar-refractivity contribution in [2.24, 2.45) is 0 Å². The molecule has 1 aromatic heterocycles. The van der Waals surface area contributed by atoms with Gasteiger partial charge >= 0.3 is 0 Å². The van der Waals surface area contributed by atoms with Crippen molar-refractivity contribution in [3.8, 4) is 0 Å². The number of benzene rings is 2. The smallest absolute Gasteiger partial charge is 0.133 e. The largest absolute Gasteiger partial charge is 0.361 e. The summed E-state index contributed by atoms with van der Waals surface area (Å²) in [5, 5.41) is 1.24. The normalized spacial score (nSPS) is 11.2. The third-order valence-corrected chi connectivity index (χ3v) is 5.07. The maximum Gasteiger partial charge on any atom is 0.133 e. The summed E-state index contributed by atoms with van der Waals surface area (Å²) in [5.74, 6) is 0.368. The molecule has 0 aliphatic rings. The highest BCUT2D eigenvalue weighted by molar-refractivity contribution is 5.84. The predicted octanol–water partition coefficient (Wildman–Crippen LogP) is 5.62. The lowest BCUT2D eigenvalue weighted by molar-refractivity contribution is -0.119. The van der Waals surface area contributed by atoms with Gasteiger partial charge in [-0.05, 0) is 68.4 Å². The van der Waals surface area contributed by atoms with Gasteiger partial charge in [-0.25, -0.2) is 0 Å². The van der Waals surface area contributed by atoms with Crippen LogP contribution in [0.3, 0.4) is 0 Å². The third-order valence-electron chi connectivity index (χ3n) is 5.07. The number of aromatic amines is 1. The molecule has 0 atom stereocenters. The zero-order valence-corrected chi connectivity index (χ0v) is 15.5. The van der Waals surface area contributed by atoms with Crippen LogP contribution in [0.1, 0.15) is 47.1 Å². The zero-order valence-electron chi connectivity index (χ0n) is 15.5. The summed E-state index contributed by atoms with van der Waals surface area (Å²) in [5.41, 5.74) is 7.82. The number of hydrogen-bond acceptors (Lipinski definition) is 1. The topological polar surface area (TPSA) is 32.9 Å². The molecule has 25 heavy (non-hydrogen) atoms. The van der Waals surface area contributed by atoms with Crippen molar-refractivity contribution in [1.29, 1.82) is 0 Å². The molecule has 0 spiro atoms. The first kappa shape index (κ1) is 17.5. The standard InChI is InChI=1S/C23H27NO/c1-16-13-17(2)21(18(3)14-16)9-6-7-20(25)12-11-19-15-24-23-10-5-4-8-22(19)23/h4-5,8,10,13-15,24H,6-7,9,11-12H2,1-3H3. The molecular formula is C23H27NO. The molecule has 3 aromatic rings. The number of carbonyl (C=O) groups excluding carboxylic acids is 1. The van der Waals surface area contributed by atoms with E-state index in [2.05, 4.69) is 50.0 Å². The van der Waals surface area contributed by atoms with Crippen LogP contribution in [0.15, 0.2) is 42.6 Å². The molecule has 0 aliphatic carbocycles. The van der Waals surface area contributed by atoms with Crippen molar-refractivity contribution in [1.82, 2.24) is 4.98 Å². The van der Waals surface area contributed by atoms with Crippen molar-refractivity contribution in [3.05, 3.63) is 70.4 Å². The fourth-order valence-corrected chi connectivity index (χ4v) is 3.80. The highest BCUT2D eigenvalue weighted by Gasteiger charge is 2.09. The second kappa shape index (κ2) is 7.69. The van der Waals surface area contributed by atoms with Gasteiger partial charge in [0.15, 0.2) is 0 Å². The maximum atomic E-state index is 12.3. The predicted molar refractivity (Wildman–Crippen MR) is 105 cm³/mol. The number of aromatic nitrogens is 1. The lowest BCUT2D eigenvalue weighted by Gasteiger charge is -2.11. The monoisotopic (exact) mass is 333 g/mol. The van der Waals surface area contributed by atoms with Crippen molar-refractivity contribution in [2.45, 2.75) is 52.9 Å². The number of hydrogen-bond donors (Lipinski definition) is 1. The van der Waals surface area contributed by atoms with E-state index in [1.807, 2.05) is 18.3 Å². The summed E-state index contributed by atoms with van der Waals surface area (Å²) in [6, 6.07) is 12.8. The maximum absolute atomic E-state index is 12.3. The third kappa shape index (κ3) is 4.19. The van der Waals surface area contributed by atoms with Gasteiger partial charge in [0, 0.05) is 29.9 Å². The lowest BCUT2D eigenvalue weighted by Crippen LogP contribution is -2.02. The number of carbonyl (C=O) groups is 1. The molecule has 1 N–H and O–H groups in total. The van der Waals surface area contributed by atoms with E-state index in [4.69, 9.17) is 0 Å². The van der Waals surface area contributed by atoms with Crippen LogP contribution in [0.2, 0.25) is 0 Å². The lowest BCUT2D eigenvalue weighted by atomic mass is 9.94. The Balaban J connectivity index is 1.50. The zero-order chi connectivity index (χ0) is 17.8. The van der Waals surface area contributed by atoms with Gasteiger partial charge in [0.05, 0.1) is 0 Å². The number of aryl methyl sites for hydroxylation is 4. The average Bonchev–Trinajstić information content (AvgIpc) is 2.98. The van der Waals surface area contributed by atoms with Crippen LogP contribution in [0, 0.1) is 20.8 Å². The van der Waals surface area contributed by atoms with Gasteiger partial charge in [-0.2, -0.15) is 0 Å². The number of ketones is 1. The van der Waals surface area contributed by atoms with Crippen molar-refractivity contribution in [2.75, 3.05) is 0 Å². The molecule has 3 rings (SSSR count). The molecular weight excluding hydrogens is 306 g/mol. The fourth-order valence-electron chi connectivity index (χ4n) is 3.80. The van der Waals surface area contributed by atoms with Crippen LogP contribution < -0.4 is 0 Å². The van der Waals surface area contributed by atoms with E-state index < -0.39 is 0 Å². The quantitative estimate of drug-likeness (QED) is 0.598. The Labute approximate surface area is 150 Å². The second-order valence-electron chi connectivity index (χ2n) is 7.13. The number of H-pyrrole nitrogens is 1. The van der Waals surface area contributed by atoms with Crippen LogP contribution in [-0.4, -0.2) is 10.8 Å². The summed E-state index contributed by atoms with van der Waals surface area (Å²) in [7, 11) is 0. The Morgan fingerprint density at radius 3 is 2.44 bits per heavy atom. The average molecular weight is 333 g/mol. The highest BCUT2D eigenvalue weighted by atomic mass is 16.1. The first-order chi connectivity index (χ1) is 12.0. The Hall–Kier alpha value is -2.35. The first-order valence-electron chi connectivity index (χ1n) is 9.18. The van der Waals surface area contributed by atoms with E-state index in [9.17, 15) is 4.79 Å². The van der Waals surface area contributed by atoms with E-state index >= 15 is 0 Å². The van der Waals surface area contributed by atoms with Gasteiger partial charge in [-0.3, -0.25) is 4.79 Å². The number of nitrogens with one attached hydrogen (secondary N) is 1. The Morgan fingerprint density at radius 2 is 1.68 bits per heavy atom. The molecule has 1 heterocycles. The van der Waals surface area contributed by atoms with Crippen LogP contribution in [-0.2, 0) is 17.6 Å². The fraction of sp³-hybridized carbons (Fsp3) is 0.348. The molecule has 2 heteroatoms. The Morgan fingerprint density at radius 1 is 0.960 bits per heavy atom. The molecule has 0 unspecified atom stereocenters. The van der Waals surface area contributed by atoms with Gasteiger partial charge in [-0.1, -0.05) is 35.9 Å². The summed E-state index contributed by atoms with van der Waals surface area (Å²) < 4.78 is 0. The van der Waals surface area contributed by atoms with E-state index in [0.29, 0.717) is 18.6 Å². The van der Waals surface area contributed by atoms with Crippen molar-refractivity contribution in [3.63, 3.8) is 0 Å². The van der Waals surface area contributed by atoms with E-state index in [1.54, 1.807) is 0 Å². The summed E-state index contributed by atoms with van der Waals surface area (Å²) >= 11 is 0. The molecule has 0 saturated carbocycles. The summed E-state index contributed by atoms with van der Waals surface area (Å²) in [6.45, 7) is 6.49. The Kier molecular flexibility index (Phi) is 5.37.